The lowest BCUT2D eigenvalue weighted by molar-refractivity contribution is 0.102. The summed E-state index contributed by atoms with van der Waals surface area (Å²) in [5, 5.41) is 6.52. The molecule has 6 nitrogen and oxygen atoms in total. The van der Waals surface area contributed by atoms with Crippen LogP contribution >= 0.6 is 11.6 Å². The number of carbonyl (C=O) groups is 1. The number of rotatable bonds is 6. The van der Waals surface area contributed by atoms with E-state index in [2.05, 4.69) is 27.5 Å². The fraction of sp³-hybridized carbons (Fsp3) is 0.190. The minimum atomic E-state index is -0.311. The molecule has 3 rings (SSSR count). The minimum Gasteiger partial charge on any atom is -0.495 e. The van der Waals surface area contributed by atoms with Crippen LogP contribution in [0, 0.1) is 6.92 Å². The number of nitrogens with one attached hydrogen (secondary N) is 2. The molecule has 0 aliphatic carbocycles. The average molecular weight is 397 g/mol. The van der Waals surface area contributed by atoms with Gasteiger partial charge in [-0.15, -0.1) is 0 Å². The molecule has 0 spiro atoms. The summed E-state index contributed by atoms with van der Waals surface area (Å²) in [4.78, 5) is 21.0. The van der Waals surface area contributed by atoms with Crippen molar-refractivity contribution < 1.29 is 9.53 Å². The summed E-state index contributed by atoms with van der Waals surface area (Å²) in [7, 11) is 1.56. The Morgan fingerprint density at radius 2 is 1.93 bits per heavy atom. The molecule has 7 heteroatoms. The van der Waals surface area contributed by atoms with Crippen molar-refractivity contribution in [2.75, 3.05) is 17.7 Å². The molecule has 0 bridgehead atoms. The molecule has 0 aliphatic heterocycles. The van der Waals surface area contributed by atoms with E-state index in [1.165, 1.54) is 11.8 Å². The molecule has 2 N–H and O–H groups in total. The molecule has 0 radical (unpaired) electrons. The van der Waals surface area contributed by atoms with Gasteiger partial charge in [0.05, 0.1) is 12.8 Å². The van der Waals surface area contributed by atoms with Gasteiger partial charge in [-0.3, -0.25) is 4.79 Å². The molecule has 28 heavy (non-hydrogen) atoms. The number of carbonyl (C=O) groups excluding carboxylic acids is 1. The molecular weight excluding hydrogens is 376 g/mol. The Kier molecular flexibility index (Phi) is 6.11. The summed E-state index contributed by atoms with van der Waals surface area (Å²) in [5.74, 6) is 0.535. The van der Waals surface area contributed by atoms with Crippen LogP contribution < -0.4 is 15.4 Å². The standard InChI is InChI=1S/C21H21ClN4O2/c1-4-14-5-7-15(8-6-14)24-20(27)17-9-10-23-21(25-17)26-18-11-13(2)16(22)12-19(18)28-3/h5-12H,4H2,1-3H3,(H,24,27)(H,23,25,26). The lowest BCUT2D eigenvalue weighted by atomic mass is 10.1. The van der Waals surface area contributed by atoms with E-state index in [9.17, 15) is 4.79 Å². The van der Waals surface area contributed by atoms with Gasteiger partial charge in [0.1, 0.15) is 11.4 Å². The van der Waals surface area contributed by atoms with E-state index >= 15 is 0 Å². The largest absolute Gasteiger partial charge is 0.495 e. The van der Waals surface area contributed by atoms with Gasteiger partial charge in [0.25, 0.3) is 5.91 Å². The molecule has 1 heterocycles. The second-order valence-electron chi connectivity index (χ2n) is 6.20. The minimum absolute atomic E-state index is 0.252. The van der Waals surface area contributed by atoms with E-state index < -0.39 is 0 Å². The lowest BCUT2D eigenvalue weighted by Gasteiger charge is -2.12. The third-order valence-corrected chi connectivity index (χ3v) is 4.64. The maximum absolute atomic E-state index is 12.5. The second kappa shape index (κ2) is 8.71. The van der Waals surface area contributed by atoms with Crippen LogP contribution in [0.5, 0.6) is 5.75 Å². The highest BCUT2D eigenvalue weighted by Crippen LogP contribution is 2.32. The van der Waals surface area contributed by atoms with Gasteiger partial charge in [0.2, 0.25) is 5.95 Å². The van der Waals surface area contributed by atoms with Crippen molar-refractivity contribution in [3.8, 4) is 5.75 Å². The highest BCUT2D eigenvalue weighted by molar-refractivity contribution is 6.31. The maximum Gasteiger partial charge on any atom is 0.274 e. The summed E-state index contributed by atoms with van der Waals surface area (Å²) in [5.41, 5.74) is 3.72. The lowest BCUT2D eigenvalue weighted by Crippen LogP contribution is -2.14. The van der Waals surface area contributed by atoms with Gasteiger partial charge in [-0.05, 0) is 48.7 Å². The number of benzene rings is 2. The van der Waals surface area contributed by atoms with Crippen molar-refractivity contribution in [3.05, 3.63) is 70.5 Å². The first-order chi connectivity index (χ1) is 13.5. The molecule has 0 saturated carbocycles. The number of amides is 1. The Morgan fingerprint density at radius 3 is 2.61 bits per heavy atom. The number of aryl methyl sites for hydroxylation is 2. The molecule has 2 aromatic carbocycles. The smallest absolute Gasteiger partial charge is 0.274 e. The van der Waals surface area contributed by atoms with Crippen molar-refractivity contribution in [1.82, 2.24) is 9.97 Å². The molecule has 1 amide bonds. The Labute approximate surface area is 168 Å². The summed E-state index contributed by atoms with van der Waals surface area (Å²) >= 11 is 6.14. The molecule has 3 aromatic rings. The summed E-state index contributed by atoms with van der Waals surface area (Å²) in [6.45, 7) is 3.97. The van der Waals surface area contributed by atoms with Gasteiger partial charge < -0.3 is 15.4 Å². The van der Waals surface area contributed by atoms with E-state index in [0.717, 1.165) is 12.0 Å². The number of hydrogen-bond acceptors (Lipinski definition) is 5. The van der Waals surface area contributed by atoms with Crippen LogP contribution in [0.2, 0.25) is 5.02 Å². The third kappa shape index (κ3) is 4.58. The van der Waals surface area contributed by atoms with Crippen molar-refractivity contribution in [2.45, 2.75) is 20.3 Å². The predicted octanol–water partition coefficient (Wildman–Crippen LogP) is 5.01. The van der Waals surface area contributed by atoms with Crippen LogP contribution in [0.4, 0.5) is 17.3 Å². The first-order valence-electron chi connectivity index (χ1n) is 8.84. The fourth-order valence-corrected chi connectivity index (χ4v) is 2.77. The van der Waals surface area contributed by atoms with E-state index in [-0.39, 0.29) is 17.5 Å². The van der Waals surface area contributed by atoms with Gasteiger partial charge in [-0.25, -0.2) is 9.97 Å². The van der Waals surface area contributed by atoms with Gasteiger partial charge in [-0.2, -0.15) is 0 Å². The highest BCUT2D eigenvalue weighted by Gasteiger charge is 2.12. The predicted molar refractivity (Wildman–Crippen MR) is 112 cm³/mol. The molecule has 0 fully saturated rings. The van der Waals surface area contributed by atoms with Gasteiger partial charge in [-0.1, -0.05) is 30.7 Å². The van der Waals surface area contributed by atoms with E-state index in [1.54, 1.807) is 19.2 Å². The molecule has 0 aliphatic rings. The molecule has 0 saturated heterocycles. The number of hydrogen-bond donors (Lipinski definition) is 2. The molecule has 0 atom stereocenters. The maximum atomic E-state index is 12.5. The topological polar surface area (TPSA) is 76.1 Å². The molecular formula is C21H21ClN4O2. The van der Waals surface area contributed by atoms with Crippen molar-refractivity contribution in [2.24, 2.45) is 0 Å². The highest BCUT2D eigenvalue weighted by atomic mass is 35.5. The Hall–Kier alpha value is -3.12. The number of anilines is 3. The Morgan fingerprint density at radius 1 is 1.18 bits per heavy atom. The van der Waals surface area contributed by atoms with Crippen LogP contribution in [0.3, 0.4) is 0 Å². The molecule has 144 valence electrons. The third-order valence-electron chi connectivity index (χ3n) is 4.24. The quantitative estimate of drug-likeness (QED) is 0.612. The first-order valence-corrected chi connectivity index (χ1v) is 9.22. The van der Waals surface area contributed by atoms with E-state index in [4.69, 9.17) is 16.3 Å². The number of aromatic nitrogens is 2. The number of methoxy groups -OCH3 is 1. The van der Waals surface area contributed by atoms with E-state index in [0.29, 0.717) is 22.1 Å². The van der Waals surface area contributed by atoms with Crippen molar-refractivity contribution >= 4 is 34.8 Å². The zero-order chi connectivity index (χ0) is 20.1. The monoisotopic (exact) mass is 396 g/mol. The zero-order valence-corrected chi connectivity index (χ0v) is 16.7. The normalized spacial score (nSPS) is 10.4. The van der Waals surface area contributed by atoms with Gasteiger partial charge in [0, 0.05) is 23.0 Å². The van der Waals surface area contributed by atoms with E-state index in [1.807, 2.05) is 37.3 Å². The second-order valence-corrected chi connectivity index (χ2v) is 6.60. The van der Waals surface area contributed by atoms with Crippen molar-refractivity contribution in [3.63, 3.8) is 0 Å². The first kappa shape index (κ1) is 19.6. The van der Waals surface area contributed by atoms with Crippen LogP contribution in [0.15, 0.2) is 48.7 Å². The summed E-state index contributed by atoms with van der Waals surface area (Å²) in [6, 6.07) is 12.8. The van der Waals surface area contributed by atoms with Crippen LogP contribution in [0.25, 0.3) is 0 Å². The average Bonchev–Trinajstić information content (AvgIpc) is 2.71. The summed E-state index contributed by atoms with van der Waals surface area (Å²) in [6.07, 6.45) is 2.47. The number of nitrogens with zero attached hydrogens (tertiary/aromatic N) is 2. The fourth-order valence-electron chi connectivity index (χ4n) is 2.61. The van der Waals surface area contributed by atoms with Gasteiger partial charge in [0.15, 0.2) is 0 Å². The summed E-state index contributed by atoms with van der Waals surface area (Å²) < 4.78 is 5.35. The van der Waals surface area contributed by atoms with Crippen LogP contribution in [-0.2, 0) is 6.42 Å². The Bertz CT molecular complexity index is 990. The Balaban J connectivity index is 1.78. The number of ether oxygens (including phenoxy) is 1. The number of halogens is 1. The molecule has 1 aromatic heterocycles. The van der Waals surface area contributed by atoms with Gasteiger partial charge >= 0.3 is 0 Å². The van der Waals surface area contributed by atoms with Crippen molar-refractivity contribution in [1.29, 1.82) is 0 Å². The van der Waals surface area contributed by atoms with Crippen LogP contribution in [-0.4, -0.2) is 23.0 Å². The SMILES string of the molecule is CCc1ccc(NC(=O)c2ccnc(Nc3cc(C)c(Cl)cc3OC)n2)cc1. The van der Waals surface area contributed by atoms with Crippen LogP contribution in [0.1, 0.15) is 28.5 Å². The molecule has 0 unspecified atom stereocenters. The zero-order valence-electron chi connectivity index (χ0n) is 15.9.